The lowest BCUT2D eigenvalue weighted by Crippen LogP contribution is -2.30. The molecule has 0 spiro atoms. The Balaban J connectivity index is 1.47. The fourth-order valence-corrected chi connectivity index (χ4v) is 4.60. The molecule has 0 fully saturated rings. The molecule has 2 aromatic carbocycles. The maximum absolute atomic E-state index is 12.9. The molecule has 1 aromatic heterocycles. The Morgan fingerprint density at radius 3 is 2.72 bits per heavy atom. The van der Waals surface area contributed by atoms with Crippen LogP contribution in [0.1, 0.15) is 24.4 Å². The van der Waals surface area contributed by atoms with Crippen molar-refractivity contribution in [2.75, 3.05) is 24.3 Å². The van der Waals surface area contributed by atoms with Crippen LogP contribution in [0.5, 0.6) is 11.5 Å². The Hall–Kier alpha value is -3.26. The van der Waals surface area contributed by atoms with Gasteiger partial charge in [-0.1, -0.05) is 48.2 Å². The van der Waals surface area contributed by atoms with Crippen LogP contribution in [0.3, 0.4) is 0 Å². The third-order valence-electron chi connectivity index (χ3n) is 5.31. The number of carbonyl (C=O) groups is 1. The van der Waals surface area contributed by atoms with Crippen molar-refractivity contribution in [1.29, 1.82) is 0 Å². The van der Waals surface area contributed by atoms with E-state index in [0.29, 0.717) is 35.6 Å². The zero-order chi connectivity index (χ0) is 22.5. The Labute approximate surface area is 192 Å². The van der Waals surface area contributed by atoms with Crippen LogP contribution in [0.25, 0.3) is 0 Å². The molecule has 4 rings (SSSR count). The Morgan fingerprint density at radius 1 is 1.19 bits per heavy atom. The molecule has 3 aromatic rings. The summed E-state index contributed by atoms with van der Waals surface area (Å²) in [7, 11) is 1.61. The van der Waals surface area contributed by atoms with E-state index in [1.807, 2.05) is 58.9 Å². The molecule has 0 saturated heterocycles. The largest absolute Gasteiger partial charge is 0.493 e. The molecule has 0 N–H and O–H groups in total. The number of hydrogen-bond donors (Lipinski definition) is 0. The zero-order valence-electron chi connectivity index (χ0n) is 18.2. The fraction of sp³-hybridized carbons (Fsp3) is 0.292. The molecule has 166 valence electrons. The van der Waals surface area contributed by atoms with Crippen LogP contribution < -0.4 is 14.4 Å². The number of anilines is 1. The second-order valence-corrected chi connectivity index (χ2v) is 8.31. The maximum Gasteiger partial charge on any atom is 0.237 e. The van der Waals surface area contributed by atoms with Crippen molar-refractivity contribution in [2.45, 2.75) is 31.1 Å². The summed E-state index contributed by atoms with van der Waals surface area (Å²) in [5.74, 6) is 2.30. The summed E-state index contributed by atoms with van der Waals surface area (Å²) in [6, 6.07) is 15.5. The first-order valence-electron chi connectivity index (χ1n) is 10.5. The highest BCUT2D eigenvalue weighted by molar-refractivity contribution is 7.99. The monoisotopic (exact) mass is 450 g/mol. The van der Waals surface area contributed by atoms with E-state index in [1.165, 1.54) is 17.3 Å². The fourth-order valence-electron chi connectivity index (χ4n) is 3.77. The van der Waals surface area contributed by atoms with E-state index in [1.54, 1.807) is 13.2 Å². The SMILES string of the molecule is C=CCn1c(SCC(=O)N2CCc3ccccc32)nnc1C(C)Oc1ccccc1OC. The number of para-hydroxylation sites is 3. The summed E-state index contributed by atoms with van der Waals surface area (Å²) in [5.41, 5.74) is 2.22. The molecular formula is C24H26N4O3S. The van der Waals surface area contributed by atoms with Crippen molar-refractivity contribution in [1.82, 2.24) is 14.8 Å². The van der Waals surface area contributed by atoms with Crippen molar-refractivity contribution in [2.24, 2.45) is 0 Å². The predicted molar refractivity (Wildman–Crippen MR) is 125 cm³/mol. The van der Waals surface area contributed by atoms with Crippen LogP contribution in [0.2, 0.25) is 0 Å². The normalized spacial score (nSPS) is 13.5. The van der Waals surface area contributed by atoms with Gasteiger partial charge in [0, 0.05) is 18.8 Å². The van der Waals surface area contributed by atoms with Crippen molar-refractivity contribution >= 4 is 23.4 Å². The average Bonchev–Trinajstić information content (AvgIpc) is 3.42. The van der Waals surface area contributed by atoms with Gasteiger partial charge in [-0.2, -0.15) is 0 Å². The number of allylic oxidation sites excluding steroid dienone is 1. The second-order valence-electron chi connectivity index (χ2n) is 7.36. The van der Waals surface area contributed by atoms with Gasteiger partial charge in [-0.05, 0) is 37.1 Å². The van der Waals surface area contributed by atoms with E-state index in [0.717, 1.165) is 12.1 Å². The summed E-state index contributed by atoms with van der Waals surface area (Å²) < 4.78 is 13.4. The highest BCUT2D eigenvalue weighted by Gasteiger charge is 2.25. The lowest BCUT2D eigenvalue weighted by Gasteiger charge is -2.18. The van der Waals surface area contributed by atoms with Crippen LogP contribution in [-0.2, 0) is 17.8 Å². The lowest BCUT2D eigenvalue weighted by molar-refractivity contribution is -0.116. The summed E-state index contributed by atoms with van der Waals surface area (Å²) in [6.45, 7) is 7.00. The molecule has 32 heavy (non-hydrogen) atoms. The minimum absolute atomic E-state index is 0.0629. The summed E-state index contributed by atoms with van der Waals surface area (Å²) in [6.07, 6.45) is 2.31. The quantitative estimate of drug-likeness (QED) is 0.358. The maximum atomic E-state index is 12.9. The van der Waals surface area contributed by atoms with Gasteiger partial charge in [0.05, 0.1) is 12.9 Å². The number of hydrogen-bond acceptors (Lipinski definition) is 6. The van der Waals surface area contributed by atoms with Crippen molar-refractivity contribution in [3.05, 3.63) is 72.6 Å². The lowest BCUT2D eigenvalue weighted by atomic mass is 10.2. The number of amides is 1. The van der Waals surface area contributed by atoms with Crippen molar-refractivity contribution < 1.29 is 14.3 Å². The number of rotatable bonds is 9. The van der Waals surface area contributed by atoms with Crippen molar-refractivity contribution in [3.63, 3.8) is 0 Å². The predicted octanol–water partition coefficient (Wildman–Crippen LogP) is 4.29. The third kappa shape index (κ3) is 4.50. The zero-order valence-corrected chi connectivity index (χ0v) is 19.0. The molecule has 7 nitrogen and oxygen atoms in total. The van der Waals surface area contributed by atoms with Gasteiger partial charge in [-0.3, -0.25) is 9.36 Å². The number of thioether (sulfide) groups is 1. The number of aromatic nitrogens is 3. The van der Waals surface area contributed by atoms with Crippen LogP contribution in [0, 0.1) is 0 Å². The van der Waals surface area contributed by atoms with E-state index in [-0.39, 0.29) is 17.8 Å². The molecule has 0 radical (unpaired) electrons. The number of nitrogens with zero attached hydrogens (tertiary/aromatic N) is 4. The Kier molecular flexibility index (Phi) is 6.80. The van der Waals surface area contributed by atoms with Gasteiger partial charge < -0.3 is 14.4 Å². The highest BCUT2D eigenvalue weighted by Crippen LogP contribution is 2.32. The van der Waals surface area contributed by atoms with Crippen LogP contribution in [0.4, 0.5) is 5.69 Å². The molecule has 1 unspecified atom stereocenters. The molecule has 0 bridgehead atoms. The van der Waals surface area contributed by atoms with E-state index in [2.05, 4.69) is 22.8 Å². The third-order valence-corrected chi connectivity index (χ3v) is 6.26. The molecule has 8 heteroatoms. The topological polar surface area (TPSA) is 69.5 Å². The molecule has 1 aliphatic rings. The van der Waals surface area contributed by atoms with Gasteiger partial charge in [0.15, 0.2) is 28.6 Å². The molecule has 1 aliphatic heterocycles. The van der Waals surface area contributed by atoms with Gasteiger partial charge in [0.2, 0.25) is 5.91 Å². The summed E-state index contributed by atoms with van der Waals surface area (Å²) in [4.78, 5) is 14.7. The molecule has 2 heterocycles. The van der Waals surface area contributed by atoms with Crippen LogP contribution >= 0.6 is 11.8 Å². The van der Waals surface area contributed by atoms with Gasteiger partial charge in [0.25, 0.3) is 0 Å². The number of benzene rings is 2. The number of fused-ring (bicyclic) bond motifs is 1. The van der Waals surface area contributed by atoms with Gasteiger partial charge in [-0.15, -0.1) is 16.8 Å². The number of ether oxygens (including phenoxy) is 2. The summed E-state index contributed by atoms with van der Waals surface area (Å²) >= 11 is 1.38. The van der Waals surface area contributed by atoms with E-state index in [4.69, 9.17) is 9.47 Å². The van der Waals surface area contributed by atoms with E-state index >= 15 is 0 Å². The molecule has 0 aliphatic carbocycles. The average molecular weight is 451 g/mol. The molecule has 1 atom stereocenters. The molecule has 1 amide bonds. The Morgan fingerprint density at radius 2 is 1.94 bits per heavy atom. The number of methoxy groups -OCH3 is 1. The van der Waals surface area contributed by atoms with Crippen LogP contribution in [0.15, 0.2) is 66.3 Å². The standard InChI is InChI=1S/C24H26N4O3S/c1-4-14-28-23(17(2)31-21-12-8-7-11-20(21)30-3)25-26-24(28)32-16-22(29)27-15-13-18-9-5-6-10-19(18)27/h4-12,17H,1,13-16H2,2-3H3. The molecule has 0 saturated carbocycles. The first-order valence-corrected chi connectivity index (χ1v) is 11.5. The smallest absolute Gasteiger partial charge is 0.237 e. The minimum Gasteiger partial charge on any atom is -0.493 e. The second kappa shape index (κ2) is 9.91. The highest BCUT2D eigenvalue weighted by atomic mass is 32.2. The summed E-state index contributed by atoms with van der Waals surface area (Å²) in [5, 5.41) is 9.34. The van der Waals surface area contributed by atoms with Gasteiger partial charge in [0.1, 0.15) is 0 Å². The first-order chi connectivity index (χ1) is 15.6. The van der Waals surface area contributed by atoms with Crippen molar-refractivity contribution in [3.8, 4) is 11.5 Å². The Bertz CT molecular complexity index is 1110. The van der Waals surface area contributed by atoms with Gasteiger partial charge in [-0.25, -0.2) is 0 Å². The minimum atomic E-state index is -0.366. The van der Waals surface area contributed by atoms with E-state index in [9.17, 15) is 4.79 Å². The van der Waals surface area contributed by atoms with Gasteiger partial charge >= 0.3 is 0 Å². The first kappa shape index (κ1) is 22.0. The molecular weight excluding hydrogens is 424 g/mol. The van der Waals surface area contributed by atoms with Crippen LogP contribution in [-0.4, -0.2) is 40.1 Å². The van der Waals surface area contributed by atoms with E-state index < -0.39 is 0 Å². The number of carbonyl (C=O) groups excluding carboxylic acids is 1.